The van der Waals surface area contributed by atoms with E-state index in [-0.39, 0.29) is 0 Å². The third-order valence-electron chi connectivity index (χ3n) is 3.38. The van der Waals surface area contributed by atoms with Crippen LogP contribution in [0.1, 0.15) is 18.9 Å². The van der Waals surface area contributed by atoms with E-state index in [1.54, 1.807) is 11.3 Å². The molecule has 104 valence electrons. The minimum atomic E-state index is 0.849. The van der Waals surface area contributed by atoms with Crippen LogP contribution in [0.25, 0.3) is 21.7 Å². The number of hydrogen-bond donors (Lipinski definition) is 1. The fourth-order valence-corrected chi connectivity index (χ4v) is 3.67. The van der Waals surface area contributed by atoms with Gasteiger partial charge in [-0.1, -0.05) is 22.9 Å². The first-order valence-electron chi connectivity index (χ1n) is 6.61. The van der Waals surface area contributed by atoms with Gasteiger partial charge in [0.05, 0.1) is 21.6 Å². The van der Waals surface area contributed by atoms with Crippen LogP contribution < -0.4 is 5.73 Å². The van der Waals surface area contributed by atoms with E-state index in [9.17, 15) is 0 Å². The summed E-state index contributed by atoms with van der Waals surface area (Å²) in [5.41, 5.74) is 10.3. The molecule has 0 fully saturated rings. The minimum absolute atomic E-state index is 0.849. The lowest BCUT2D eigenvalue weighted by Crippen LogP contribution is -2.00. The predicted molar refractivity (Wildman–Crippen MR) is 90.2 cm³/mol. The maximum absolute atomic E-state index is 6.20. The molecule has 0 unspecified atom stereocenters. The molecule has 0 aliphatic heterocycles. The summed E-state index contributed by atoms with van der Waals surface area (Å²) >= 11 is 5.18. The number of anilines is 1. The van der Waals surface area contributed by atoms with Crippen molar-refractivity contribution in [1.29, 1.82) is 0 Å². The SMILES string of the molecule is CCCn1c(-c2scc(C)c2N)nc2cc(Br)ccc21. The van der Waals surface area contributed by atoms with E-state index in [2.05, 4.69) is 51.0 Å². The number of nitrogens with zero attached hydrogens (tertiary/aromatic N) is 2. The highest BCUT2D eigenvalue weighted by Crippen LogP contribution is 2.36. The monoisotopic (exact) mass is 349 g/mol. The number of thiophene rings is 1. The Kier molecular flexibility index (Phi) is 3.56. The van der Waals surface area contributed by atoms with Crippen LogP contribution in [0.4, 0.5) is 5.69 Å². The summed E-state index contributed by atoms with van der Waals surface area (Å²) in [4.78, 5) is 5.87. The number of hydrogen-bond acceptors (Lipinski definition) is 3. The molecule has 0 saturated heterocycles. The summed E-state index contributed by atoms with van der Waals surface area (Å²) in [6.45, 7) is 5.17. The van der Waals surface area contributed by atoms with Gasteiger partial charge in [0.15, 0.2) is 5.82 Å². The lowest BCUT2D eigenvalue weighted by Gasteiger charge is -2.07. The molecule has 3 aromatic rings. The lowest BCUT2D eigenvalue weighted by molar-refractivity contribution is 0.705. The topological polar surface area (TPSA) is 43.8 Å². The summed E-state index contributed by atoms with van der Waals surface area (Å²) in [6.07, 6.45) is 1.07. The molecular weight excluding hydrogens is 334 g/mol. The van der Waals surface area contributed by atoms with Gasteiger partial charge >= 0.3 is 0 Å². The number of nitrogens with two attached hydrogens (primary N) is 1. The number of benzene rings is 1. The van der Waals surface area contributed by atoms with Crippen LogP contribution >= 0.6 is 27.3 Å². The summed E-state index contributed by atoms with van der Waals surface area (Å²) in [5, 5.41) is 2.09. The van der Waals surface area contributed by atoms with E-state index in [1.165, 1.54) is 0 Å². The molecule has 3 nitrogen and oxygen atoms in total. The molecule has 5 heteroatoms. The highest BCUT2D eigenvalue weighted by Gasteiger charge is 2.17. The Morgan fingerprint density at radius 1 is 1.40 bits per heavy atom. The third kappa shape index (κ3) is 2.15. The van der Waals surface area contributed by atoms with Gasteiger partial charge in [0.1, 0.15) is 0 Å². The molecule has 0 bridgehead atoms. The van der Waals surface area contributed by atoms with Crippen molar-refractivity contribution < 1.29 is 0 Å². The molecule has 2 heterocycles. The van der Waals surface area contributed by atoms with Crippen LogP contribution in [-0.4, -0.2) is 9.55 Å². The van der Waals surface area contributed by atoms with Gasteiger partial charge < -0.3 is 10.3 Å². The van der Waals surface area contributed by atoms with Crippen LogP contribution in [-0.2, 0) is 6.54 Å². The summed E-state index contributed by atoms with van der Waals surface area (Å²) < 4.78 is 3.32. The van der Waals surface area contributed by atoms with Crippen molar-refractivity contribution in [3.05, 3.63) is 33.6 Å². The van der Waals surface area contributed by atoms with Gasteiger partial charge in [-0.3, -0.25) is 0 Å². The largest absolute Gasteiger partial charge is 0.397 e. The summed E-state index contributed by atoms with van der Waals surface area (Å²) in [6, 6.07) is 6.23. The van der Waals surface area contributed by atoms with Crippen molar-refractivity contribution in [3.8, 4) is 10.7 Å². The van der Waals surface area contributed by atoms with Crippen molar-refractivity contribution in [2.24, 2.45) is 0 Å². The summed E-state index contributed by atoms with van der Waals surface area (Å²) in [7, 11) is 0. The second-order valence-corrected chi connectivity index (χ2v) is 6.68. The van der Waals surface area contributed by atoms with Crippen molar-refractivity contribution >= 4 is 44.0 Å². The number of aromatic nitrogens is 2. The number of aryl methyl sites for hydroxylation is 2. The molecule has 0 spiro atoms. The van der Waals surface area contributed by atoms with Crippen LogP contribution in [0.3, 0.4) is 0 Å². The predicted octanol–water partition coefficient (Wildman–Crippen LogP) is 4.83. The molecule has 2 N–H and O–H groups in total. The zero-order chi connectivity index (χ0) is 14.3. The second kappa shape index (κ2) is 5.22. The van der Waals surface area contributed by atoms with Crippen molar-refractivity contribution in [3.63, 3.8) is 0 Å². The van der Waals surface area contributed by atoms with E-state index < -0.39 is 0 Å². The average molecular weight is 350 g/mol. The zero-order valence-corrected chi connectivity index (χ0v) is 13.9. The maximum atomic E-state index is 6.20. The number of fused-ring (bicyclic) bond motifs is 1. The fourth-order valence-electron chi connectivity index (χ4n) is 2.35. The molecule has 0 amide bonds. The van der Waals surface area contributed by atoms with Gasteiger partial charge in [0.25, 0.3) is 0 Å². The Bertz CT molecular complexity index is 773. The van der Waals surface area contributed by atoms with Crippen molar-refractivity contribution in [2.75, 3.05) is 5.73 Å². The molecule has 0 radical (unpaired) electrons. The Balaban J connectivity index is 2.28. The second-order valence-electron chi connectivity index (χ2n) is 4.88. The van der Waals surface area contributed by atoms with Gasteiger partial charge in [-0.05, 0) is 42.5 Å². The molecular formula is C15H16BrN3S. The first kappa shape index (κ1) is 13.6. The van der Waals surface area contributed by atoms with Crippen LogP contribution in [0.15, 0.2) is 28.1 Å². The normalized spacial score (nSPS) is 11.3. The molecule has 20 heavy (non-hydrogen) atoms. The van der Waals surface area contributed by atoms with Crippen molar-refractivity contribution in [2.45, 2.75) is 26.8 Å². The highest BCUT2D eigenvalue weighted by atomic mass is 79.9. The Hall–Kier alpha value is -1.33. The standard InChI is InChI=1S/C15H16BrN3S/c1-3-6-19-12-5-4-10(16)7-11(12)18-15(19)14-13(17)9(2)8-20-14/h4-5,7-8H,3,6,17H2,1-2H3. The van der Waals surface area contributed by atoms with E-state index in [0.29, 0.717) is 0 Å². The van der Waals surface area contributed by atoms with Gasteiger partial charge in [-0.25, -0.2) is 4.98 Å². The smallest absolute Gasteiger partial charge is 0.153 e. The Morgan fingerprint density at radius 2 is 2.20 bits per heavy atom. The molecule has 0 atom stereocenters. The summed E-state index contributed by atoms with van der Waals surface area (Å²) in [5.74, 6) is 0.982. The third-order valence-corrected chi connectivity index (χ3v) is 4.99. The van der Waals surface area contributed by atoms with E-state index in [4.69, 9.17) is 10.7 Å². The van der Waals surface area contributed by atoms with E-state index in [1.807, 2.05) is 6.92 Å². The zero-order valence-electron chi connectivity index (χ0n) is 11.5. The molecule has 0 saturated carbocycles. The van der Waals surface area contributed by atoms with Gasteiger partial charge in [0, 0.05) is 11.0 Å². The number of imidazole rings is 1. The molecule has 0 aliphatic rings. The number of nitrogen functional groups attached to an aromatic ring is 1. The van der Waals surface area contributed by atoms with Gasteiger partial charge in [-0.15, -0.1) is 11.3 Å². The average Bonchev–Trinajstić information content (AvgIpc) is 2.92. The number of halogens is 1. The fraction of sp³-hybridized carbons (Fsp3) is 0.267. The first-order valence-corrected chi connectivity index (χ1v) is 8.28. The first-order chi connectivity index (χ1) is 9.61. The van der Waals surface area contributed by atoms with E-state index >= 15 is 0 Å². The number of rotatable bonds is 3. The molecule has 3 rings (SSSR count). The van der Waals surface area contributed by atoms with E-state index in [0.717, 1.165) is 50.4 Å². The van der Waals surface area contributed by atoms with Crippen LogP contribution in [0, 0.1) is 6.92 Å². The van der Waals surface area contributed by atoms with Gasteiger partial charge in [-0.2, -0.15) is 0 Å². The quantitative estimate of drug-likeness (QED) is 0.735. The Morgan fingerprint density at radius 3 is 2.85 bits per heavy atom. The minimum Gasteiger partial charge on any atom is -0.397 e. The molecule has 0 aliphatic carbocycles. The lowest BCUT2D eigenvalue weighted by atomic mass is 10.2. The Labute approximate surface area is 130 Å². The van der Waals surface area contributed by atoms with Crippen LogP contribution in [0.2, 0.25) is 0 Å². The maximum Gasteiger partial charge on any atom is 0.153 e. The molecule has 1 aromatic carbocycles. The van der Waals surface area contributed by atoms with Crippen molar-refractivity contribution in [1.82, 2.24) is 9.55 Å². The van der Waals surface area contributed by atoms with Gasteiger partial charge in [0.2, 0.25) is 0 Å². The highest BCUT2D eigenvalue weighted by molar-refractivity contribution is 9.10. The molecule has 2 aromatic heterocycles. The van der Waals surface area contributed by atoms with Crippen LogP contribution in [0.5, 0.6) is 0 Å².